The van der Waals surface area contributed by atoms with Crippen LogP contribution in [0.2, 0.25) is 0 Å². The summed E-state index contributed by atoms with van der Waals surface area (Å²) in [6.07, 6.45) is 2.99. The zero-order chi connectivity index (χ0) is 27.5. The highest BCUT2D eigenvalue weighted by Crippen LogP contribution is 2.30. The second-order valence-electron chi connectivity index (χ2n) is 7.07. The quantitative estimate of drug-likeness (QED) is 0.222. The fraction of sp³-hybridized carbons (Fsp3) is 0.333. The lowest BCUT2D eigenvalue weighted by atomic mass is 9.96. The molecule has 0 amide bonds. The van der Waals surface area contributed by atoms with Crippen LogP contribution in [0.3, 0.4) is 0 Å². The molecule has 0 saturated carbocycles. The molecule has 3 atom stereocenters. The van der Waals surface area contributed by atoms with Gasteiger partial charge in [-0.1, -0.05) is 122 Å². The first-order chi connectivity index (χ1) is 17.7. The number of hydrogen-bond donors (Lipinski definition) is 0. The highest BCUT2D eigenvalue weighted by atomic mass is 31.0. The first kappa shape index (κ1) is 34.4. The van der Waals surface area contributed by atoms with Gasteiger partial charge in [-0.25, -0.2) is 0 Å². The average molecular weight is 539 g/mol. The van der Waals surface area contributed by atoms with E-state index in [2.05, 4.69) is 107 Å². The number of fused-ring (bicyclic) bond motifs is 1. The summed E-state index contributed by atoms with van der Waals surface area (Å²) >= 11 is 0. The van der Waals surface area contributed by atoms with Gasteiger partial charge in [0.1, 0.15) is 0 Å². The van der Waals surface area contributed by atoms with Crippen LogP contribution in [0.5, 0.6) is 0 Å². The van der Waals surface area contributed by atoms with Gasteiger partial charge in [0.25, 0.3) is 0 Å². The highest BCUT2D eigenvalue weighted by Gasteiger charge is 2.06. The van der Waals surface area contributed by atoms with Crippen LogP contribution in [0.4, 0.5) is 0 Å². The fourth-order valence-corrected chi connectivity index (χ4v) is 4.68. The summed E-state index contributed by atoms with van der Waals surface area (Å²) < 4.78 is 0. The predicted molar refractivity (Wildman–Crippen MR) is 180 cm³/mol. The molecule has 36 heavy (non-hydrogen) atoms. The molecular weight excluding hydrogens is 489 g/mol. The van der Waals surface area contributed by atoms with Gasteiger partial charge in [-0.15, -0.1) is 27.7 Å². The third-order valence-corrected chi connectivity index (χ3v) is 6.69. The minimum absolute atomic E-state index is 0.990. The number of benzene rings is 4. The maximum atomic E-state index is 2.85. The van der Waals surface area contributed by atoms with E-state index < -0.39 is 0 Å². The molecule has 0 saturated heterocycles. The summed E-state index contributed by atoms with van der Waals surface area (Å²) in [5, 5.41) is 2.56. The molecule has 0 aliphatic carbocycles. The molecule has 0 N–H and O–H groups in total. The van der Waals surface area contributed by atoms with Crippen LogP contribution in [0.25, 0.3) is 33.0 Å². The van der Waals surface area contributed by atoms with E-state index in [9.17, 15) is 0 Å². The molecule has 196 valence electrons. The standard InChI is InChI=1S/C25H25P3.4C2H6/c26-14-17-1-3-18(4-2-17)19-5-6-21-12-22(8-7-20(21)11-19)23-9-10-24(15-27)25(13-23)16-28;4*1-2/h1-13H,14-16,26-28H2;4*1-2H3. The Morgan fingerprint density at radius 1 is 0.389 bits per heavy atom. The van der Waals surface area contributed by atoms with Gasteiger partial charge in [0.15, 0.2) is 0 Å². The molecule has 3 unspecified atom stereocenters. The molecule has 4 aromatic rings. The van der Waals surface area contributed by atoms with Gasteiger partial charge in [0, 0.05) is 0 Å². The molecule has 4 aromatic carbocycles. The van der Waals surface area contributed by atoms with Crippen molar-refractivity contribution in [1.82, 2.24) is 0 Å². The van der Waals surface area contributed by atoms with Gasteiger partial charge in [-0.05, 0) is 80.3 Å². The van der Waals surface area contributed by atoms with Crippen LogP contribution >= 0.6 is 27.7 Å². The minimum atomic E-state index is 0.990. The van der Waals surface area contributed by atoms with E-state index in [-0.39, 0.29) is 0 Å². The first-order valence-corrected chi connectivity index (χ1v) is 16.0. The van der Waals surface area contributed by atoms with E-state index in [1.807, 2.05) is 55.4 Å². The van der Waals surface area contributed by atoms with Crippen molar-refractivity contribution in [2.45, 2.75) is 73.9 Å². The van der Waals surface area contributed by atoms with Crippen molar-refractivity contribution in [1.29, 1.82) is 0 Å². The normalized spacial score (nSPS) is 9.31. The maximum Gasteiger partial charge on any atom is -0.0125 e. The third kappa shape index (κ3) is 9.71. The molecule has 0 aliphatic rings. The van der Waals surface area contributed by atoms with Crippen LogP contribution in [-0.4, -0.2) is 0 Å². The Bertz CT molecular complexity index is 1120. The van der Waals surface area contributed by atoms with Gasteiger partial charge in [0.05, 0.1) is 0 Å². The summed E-state index contributed by atoms with van der Waals surface area (Å²) in [5.41, 5.74) is 9.26. The Kier molecular flexibility index (Phi) is 19.6. The van der Waals surface area contributed by atoms with E-state index in [0.29, 0.717) is 0 Å². The Balaban J connectivity index is 0.00000140. The zero-order valence-corrected chi connectivity index (χ0v) is 27.3. The van der Waals surface area contributed by atoms with Crippen molar-refractivity contribution in [2.75, 3.05) is 0 Å². The number of rotatable bonds is 5. The molecule has 0 radical (unpaired) electrons. The lowest BCUT2D eigenvalue weighted by Crippen LogP contribution is -1.89. The van der Waals surface area contributed by atoms with Crippen LogP contribution < -0.4 is 0 Å². The van der Waals surface area contributed by atoms with E-state index in [0.717, 1.165) is 18.5 Å². The van der Waals surface area contributed by atoms with Crippen LogP contribution in [0, 0.1) is 0 Å². The molecule has 0 fully saturated rings. The average Bonchev–Trinajstić information content (AvgIpc) is 3.00. The summed E-state index contributed by atoms with van der Waals surface area (Å²) in [6, 6.07) is 29.2. The topological polar surface area (TPSA) is 0 Å². The van der Waals surface area contributed by atoms with E-state index in [4.69, 9.17) is 0 Å². The molecular formula is C33H49P3. The van der Waals surface area contributed by atoms with Crippen LogP contribution in [0.1, 0.15) is 72.1 Å². The Hall–Kier alpha value is -1.57. The molecule has 3 heteroatoms. The van der Waals surface area contributed by atoms with Gasteiger partial charge >= 0.3 is 0 Å². The lowest BCUT2D eigenvalue weighted by Gasteiger charge is -2.11. The predicted octanol–water partition coefficient (Wildman–Crippen LogP) is 11.4. The Labute approximate surface area is 229 Å². The molecule has 0 aliphatic heterocycles. The monoisotopic (exact) mass is 538 g/mol. The number of hydrogen-bond acceptors (Lipinski definition) is 0. The van der Waals surface area contributed by atoms with E-state index in [1.165, 1.54) is 49.7 Å². The molecule has 4 rings (SSSR count). The zero-order valence-electron chi connectivity index (χ0n) is 23.9. The van der Waals surface area contributed by atoms with Crippen molar-refractivity contribution in [2.24, 2.45) is 0 Å². The van der Waals surface area contributed by atoms with Crippen LogP contribution in [0.15, 0.2) is 78.9 Å². The summed E-state index contributed by atoms with van der Waals surface area (Å²) in [7, 11) is 8.46. The van der Waals surface area contributed by atoms with E-state index >= 15 is 0 Å². The second kappa shape index (κ2) is 20.5. The fourth-order valence-electron chi connectivity index (χ4n) is 3.63. The van der Waals surface area contributed by atoms with E-state index in [1.54, 1.807) is 0 Å². The van der Waals surface area contributed by atoms with Crippen LogP contribution in [-0.2, 0) is 18.5 Å². The highest BCUT2D eigenvalue weighted by molar-refractivity contribution is 7.16. The Morgan fingerprint density at radius 2 is 0.778 bits per heavy atom. The summed E-state index contributed by atoms with van der Waals surface area (Å²) in [6.45, 7) is 16.0. The second-order valence-corrected chi connectivity index (χ2v) is 8.29. The molecule has 0 bridgehead atoms. The minimum Gasteiger partial charge on any atom is -0.133 e. The van der Waals surface area contributed by atoms with Gasteiger partial charge in [-0.2, -0.15) is 0 Å². The van der Waals surface area contributed by atoms with Gasteiger partial charge in [-0.3, -0.25) is 0 Å². The van der Waals surface area contributed by atoms with Gasteiger partial charge < -0.3 is 0 Å². The third-order valence-electron chi connectivity index (χ3n) is 5.34. The SMILES string of the molecule is CC.CC.CC.CC.PCc1ccc(-c2ccc3cc(-c4ccc(CP)c(CP)c4)ccc3c2)cc1. The van der Waals surface area contributed by atoms with Crippen molar-refractivity contribution in [3.8, 4) is 22.3 Å². The first-order valence-electron chi connectivity index (χ1n) is 13.6. The maximum absolute atomic E-state index is 2.85. The molecule has 0 heterocycles. The van der Waals surface area contributed by atoms with Crippen molar-refractivity contribution in [3.63, 3.8) is 0 Å². The van der Waals surface area contributed by atoms with Crippen molar-refractivity contribution in [3.05, 3.63) is 95.6 Å². The summed E-state index contributed by atoms with van der Waals surface area (Å²) in [4.78, 5) is 0. The molecule has 0 spiro atoms. The van der Waals surface area contributed by atoms with Gasteiger partial charge in [0.2, 0.25) is 0 Å². The smallest absolute Gasteiger partial charge is 0.0125 e. The largest absolute Gasteiger partial charge is 0.133 e. The Morgan fingerprint density at radius 3 is 1.22 bits per heavy atom. The molecule has 0 aromatic heterocycles. The lowest BCUT2D eigenvalue weighted by molar-refractivity contribution is 1.29. The van der Waals surface area contributed by atoms with Crippen molar-refractivity contribution < 1.29 is 0 Å². The summed E-state index contributed by atoms with van der Waals surface area (Å²) in [5.74, 6) is 0. The van der Waals surface area contributed by atoms with Crippen molar-refractivity contribution >= 4 is 38.5 Å². The molecule has 0 nitrogen and oxygen atoms in total.